The zero-order valence-electron chi connectivity index (χ0n) is 20.2. The van der Waals surface area contributed by atoms with E-state index in [0.29, 0.717) is 19.3 Å². The van der Waals surface area contributed by atoms with E-state index in [-0.39, 0.29) is 42.9 Å². The molecule has 1 unspecified atom stereocenters. The molecule has 1 saturated carbocycles. The van der Waals surface area contributed by atoms with E-state index in [9.17, 15) is 14.4 Å². The highest BCUT2D eigenvalue weighted by Gasteiger charge is 2.31. The predicted molar refractivity (Wildman–Crippen MR) is 133 cm³/mol. The Morgan fingerprint density at radius 3 is 2.31 bits per heavy atom. The molecule has 2 aliphatic rings. The Kier molecular flexibility index (Phi) is 8.06. The second-order valence-electron chi connectivity index (χ2n) is 9.58. The Bertz CT molecular complexity index is 1020. The quantitative estimate of drug-likeness (QED) is 0.478. The molecule has 0 aliphatic heterocycles. The van der Waals surface area contributed by atoms with Gasteiger partial charge in [0.25, 0.3) is 0 Å². The lowest BCUT2D eigenvalue weighted by atomic mass is 9.85. The van der Waals surface area contributed by atoms with Crippen molar-refractivity contribution in [2.75, 3.05) is 6.61 Å². The summed E-state index contributed by atoms with van der Waals surface area (Å²) < 4.78 is 5.67. The van der Waals surface area contributed by atoms with Crippen LogP contribution < -0.4 is 10.6 Å². The topological polar surface area (TPSA) is 105 Å². The molecule has 2 aromatic carbocycles. The third kappa shape index (κ3) is 6.02. The number of benzene rings is 2. The monoisotopic (exact) mass is 478 g/mol. The van der Waals surface area contributed by atoms with E-state index in [1.165, 1.54) is 22.3 Å². The van der Waals surface area contributed by atoms with Gasteiger partial charge in [-0.2, -0.15) is 0 Å². The number of nitrogens with one attached hydrogen (secondary N) is 2. The Morgan fingerprint density at radius 2 is 1.69 bits per heavy atom. The zero-order chi connectivity index (χ0) is 24.8. The molecule has 35 heavy (non-hydrogen) atoms. The fourth-order valence-electron chi connectivity index (χ4n) is 5.36. The first-order valence-corrected chi connectivity index (χ1v) is 12.6. The lowest BCUT2D eigenvalue weighted by Crippen LogP contribution is -2.45. The first kappa shape index (κ1) is 24.8. The summed E-state index contributed by atoms with van der Waals surface area (Å²) in [5, 5.41) is 14.9. The average molecular weight is 479 g/mol. The third-order valence-electron chi connectivity index (χ3n) is 7.26. The van der Waals surface area contributed by atoms with Gasteiger partial charge in [-0.05, 0) is 54.4 Å². The molecular weight excluding hydrogens is 444 g/mol. The van der Waals surface area contributed by atoms with E-state index in [1.807, 2.05) is 31.2 Å². The number of carbonyl (C=O) groups is 3. The first-order valence-electron chi connectivity index (χ1n) is 12.6. The van der Waals surface area contributed by atoms with Crippen LogP contribution in [0.4, 0.5) is 4.79 Å². The normalized spacial score (nSPS) is 19.8. The minimum Gasteiger partial charge on any atom is -0.481 e. The van der Waals surface area contributed by atoms with Crippen molar-refractivity contribution in [3.63, 3.8) is 0 Å². The Morgan fingerprint density at radius 1 is 1.03 bits per heavy atom. The van der Waals surface area contributed by atoms with Crippen LogP contribution in [-0.4, -0.2) is 41.8 Å². The molecule has 1 fully saturated rings. The molecular formula is C28H34N2O5. The molecule has 0 radical (unpaired) electrons. The smallest absolute Gasteiger partial charge is 0.407 e. The van der Waals surface area contributed by atoms with Gasteiger partial charge in [0.15, 0.2) is 0 Å². The molecule has 0 saturated heterocycles. The van der Waals surface area contributed by atoms with Crippen LogP contribution in [0.3, 0.4) is 0 Å². The van der Waals surface area contributed by atoms with Gasteiger partial charge in [-0.1, -0.05) is 61.9 Å². The maximum Gasteiger partial charge on any atom is 0.407 e. The summed E-state index contributed by atoms with van der Waals surface area (Å²) in [7, 11) is 0. The molecule has 7 nitrogen and oxygen atoms in total. The number of rotatable bonds is 9. The summed E-state index contributed by atoms with van der Waals surface area (Å²) in [6.07, 6.45) is 3.68. The van der Waals surface area contributed by atoms with Crippen LogP contribution in [-0.2, 0) is 14.3 Å². The van der Waals surface area contributed by atoms with Crippen molar-refractivity contribution in [2.24, 2.45) is 5.92 Å². The van der Waals surface area contributed by atoms with Crippen LogP contribution in [0.1, 0.15) is 68.9 Å². The number of aliphatic carboxylic acids is 1. The van der Waals surface area contributed by atoms with Crippen LogP contribution in [0, 0.1) is 5.92 Å². The lowest BCUT2D eigenvalue weighted by molar-refractivity contribution is -0.137. The van der Waals surface area contributed by atoms with Crippen LogP contribution in [0.2, 0.25) is 0 Å². The number of amides is 2. The van der Waals surface area contributed by atoms with Gasteiger partial charge in [-0.25, -0.2) is 4.79 Å². The number of hydrogen-bond donors (Lipinski definition) is 3. The molecule has 3 N–H and O–H groups in total. The van der Waals surface area contributed by atoms with Gasteiger partial charge in [0.05, 0.1) is 0 Å². The Hall–Kier alpha value is -3.35. The molecule has 2 amide bonds. The maximum absolute atomic E-state index is 12.8. The number of ether oxygens (including phenoxy) is 1. The summed E-state index contributed by atoms with van der Waals surface area (Å²) in [5.41, 5.74) is 4.72. The zero-order valence-corrected chi connectivity index (χ0v) is 20.2. The maximum atomic E-state index is 12.8. The van der Waals surface area contributed by atoms with Crippen LogP contribution in [0.5, 0.6) is 0 Å². The SMILES string of the molecule is CCC(CCC(=O)O)NC(=O)[C@@H]1CCC[C@@H](NC(=O)OCC2c3ccccc3-c3ccccc32)C1. The minimum atomic E-state index is -0.859. The van der Waals surface area contributed by atoms with E-state index >= 15 is 0 Å². The van der Waals surface area contributed by atoms with Crippen LogP contribution in [0.15, 0.2) is 48.5 Å². The van der Waals surface area contributed by atoms with E-state index in [0.717, 1.165) is 19.3 Å². The first-order chi connectivity index (χ1) is 17.0. The number of hydrogen-bond acceptors (Lipinski definition) is 4. The third-order valence-corrected chi connectivity index (χ3v) is 7.26. The average Bonchev–Trinajstić information content (AvgIpc) is 3.19. The molecule has 0 aromatic heterocycles. The standard InChI is InChI=1S/C28H34N2O5/c1-2-19(14-15-26(31)32)29-27(33)18-8-7-9-20(16-18)30-28(34)35-17-25-23-12-5-3-10-21(23)22-11-4-6-13-24(22)25/h3-6,10-13,18-20,25H,2,7-9,14-17H2,1H3,(H,29,33)(H,30,34)(H,31,32)/t18-,19?,20-/m1/s1. The fraction of sp³-hybridized carbons (Fsp3) is 0.464. The number of carbonyl (C=O) groups excluding carboxylic acids is 2. The largest absolute Gasteiger partial charge is 0.481 e. The number of alkyl carbamates (subject to hydrolysis) is 1. The van der Waals surface area contributed by atoms with Crippen molar-refractivity contribution in [1.82, 2.24) is 10.6 Å². The molecule has 3 atom stereocenters. The molecule has 2 aromatic rings. The van der Waals surface area contributed by atoms with Crippen LogP contribution in [0.25, 0.3) is 11.1 Å². The highest BCUT2D eigenvalue weighted by Crippen LogP contribution is 2.44. The summed E-state index contributed by atoms with van der Waals surface area (Å²) >= 11 is 0. The van der Waals surface area contributed by atoms with Gasteiger partial charge < -0.3 is 20.5 Å². The number of carboxylic acid groups (broad SMARTS) is 1. The van der Waals surface area contributed by atoms with Crippen molar-refractivity contribution in [2.45, 2.75) is 69.9 Å². The van der Waals surface area contributed by atoms with Gasteiger partial charge in [-0.15, -0.1) is 0 Å². The van der Waals surface area contributed by atoms with Gasteiger partial charge in [0.1, 0.15) is 6.61 Å². The van der Waals surface area contributed by atoms with E-state index in [4.69, 9.17) is 9.84 Å². The van der Waals surface area contributed by atoms with Crippen molar-refractivity contribution in [1.29, 1.82) is 0 Å². The Labute approximate surface area is 206 Å². The molecule has 4 rings (SSSR count). The molecule has 7 heteroatoms. The van der Waals surface area contributed by atoms with E-state index in [2.05, 4.69) is 34.9 Å². The van der Waals surface area contributed by atoms with E-state index in [1.54, 1.807) is 0 Å². The van der Waals surface area contributed by atoms with Gasteiger partial charge >= 0.3 is 12.1 Å². The second kappa shape index (κ2) is 11.4. The van der Waals surface area contributed by atoms with Gasteiger partial charge in [0, 0.05) is 30.3 Å². The highest BCUT2D eigenvalue weighted by molar-refractivity contribution is 5.80. The second-order valence-corrected chi connectivity index (χ2v) is 9.58. The van der Waals surface area contributed by atoms with Gasteiger partial charge in [-0.3, -0.25) is 9.59 Å². The predicted octanol–water partition coefficient (Wildman–Crippen LogP) is 4.84. The molecule has 0 bridgehead atoms. The van der Waals surface area contributed by atoms with Gasteiger partial charge in [0.2, 0.25) is 5.91 Å². The summed E-state index contributed by atoms with van der Waals surface area (Å²) in [4.78, 5) is 36.3. The minimum absolute atomic E-state index is 0.00908. The van der Waals surface area contributed by atoms with Crippen LogP contribution >= 0.6 is 0 Å². The van der Waals surface area contributed by atoms with Crippen molar-refractivity contribution in [3.8, 4) is 11.1 Å². The van der Waals surface area contributed by atoms with Crippen molar-refractivity contribution >= 4 is 18.0 Å². The molecule has 2 aliphatic carbocycles. The number of fused-ring (bicyclic) bond motifs is 3. The lowest BCUT2D eigenvalue weighted by Gasteiger charge is -2.30. The summed E-state index contributed by atoms with van der Waals surface area (Å²) in [6, 6.07) is 16.2. The van der Waals surface area contributed by atoms with E-state index < -0.39 is 12.1 Å². The molecule has 0 spiro atoms. The van der Waals surface area contributed by atoms with Crippen molar-refractivity contribution < 1.29 is 24.2 Å². The number of carboxylic acids is 1. The summed E-state index contributed by atoms with van der Waals surface area (Å²) in [5.74, 6) is -1.10. The summed E-state index contributed by atoms with van der Waals surface area (Å²) in [6.45, 7) is 2.20. The Balaban J connectivity index is 1.29. The molecule has 0 heterocycles. The highest BCUT2D eigenvalue weighted by atomic mass is 16.5. The fourth-order valence-corrected chi connectivity index (χ4v) is 5.36. The van der Waals surface area contributed by atoms with Crippen molar-refractivity contribution in [3.05, 3.63) is 59.7 Å². The molecule has 186 valence electrons.